The van der Waals surface area contributed by atoms with Gasteiger partial charge in [0, 0.05) is 17.3 Å². The summed E-state index contributed by atoms with van der Waals surface area (Å²) in [5.41, 5.74) is 1.93. The van der Waals surface area contributed by atoms with Crippen molar-refractivity contribution in [3.05, 3.63) is 44.7 Å². The summed E-state index contributed by atoms with van der Waals surface area (Å²) in [7, 11) is 0. The molecule has 0 saturated carbocycles. The summed E-state index contributed by atoms with van der Waals surface area (Å²) < 4.78 is 0. The Morgan fingerprint density at radius 1 is 1.35 bits per heavy atom. The van der Waals surface area contributed by atoms with Crippen molar-refractivity contribution in [2.45, 2.75) is 19.3 Å². The molecule has 0 aromatic carbocycles. The minimum Gasteiger partial charge on any atom is -0.306 e. The van der Waals surface area contributed by atoms with Gasteiger partial charge in [0.1, 0.15) is 12.1 Å². The Labute approximate surface area is 117 Å². The highest BCUT2D eigenvalue weighted by molar-refractivity contribution is 7.17. The van der Waals surface area contributed by atoms with Crippen LogP contribution in [0.25, 0.3) is 0 Å². The van der Waals surface area contributed by atoms with Gasteiger partial charge in [-0.05, 0) is 25.3 Å². The zero-order valence-electron chi connectivity index (χ0n) is 10.3. The van der Waals surface area contributed by atoms with Crippen LogP contribution in [0, 0.1) is 10.1 Å². The zero-order chi connectivity index (χ0) is 14.1. The van der Waals surface area contributed by atoms with Crippen LogP contribution in [0.1, 0.15) is 27.3 Å². The highest BCUT2D eigenvalue weighted by Gasteiger charge is 2.20. The molecule has 0 atom stereocenters. The normalized spacial score (nSPS) is 13.0. The Bertz CT molecular complexity index is 698. The Morgan fingerprint density at radius 3 is 2.95 bits per heavy atom. The van der Waals surface area contributed by atoms with E-state index in [0.717, 1.165) is 41.9 Å². The van der Waals surface area contributed by atoms with Gasteiger partial charge in [0.15, 0.2) is 0 Å². The van der Waals surface area contributed by atoms with Crippen molar-refractivity contribution in [3.63, 3.8) is 0 Å². The van der Waals surface area contributed by atoms with Crippen molar-refractivity contribution >= 4 is 28.1 Å². The molecule has 2 heterocycles. The Morgan fingerprint density at radius 2 is 2.20 bits per heavy atom. The van der Waals surface area contributed by atoms with Gasteiger partial charge in [-0.2, -0.15) is 0 Å². The summed E-state index contributed by atoms with van der Waals surface area (Å²) in [6.45, 7) is 0. The zero-order valence-corrected chi connectivity index (χ0v) is 11.1. The molecule has 0 radical (unpaired) electrons. The minimum absolute atomic E-state index is 0.0527. The molecule has 0 aliphatic heterocycles. The Balaban J connectivity index is 1.82. The average Bonchev–Trinajstić information content (AvgIpc) is 3.08. The van der Waals surface area contributed by atoms with Crippen LogP contribution >= 0.6 is 11.3 Å². The SMILES string of the molecule is O=C(Nc1ncnc2c1CCC2)c1ccc([N+](=O)[O-])s1. The lowest BCUT2D eigenvalue weighted by atomic mass is 10.2. The van der Waals surface area contributed by atoms with E-state index in [9.17, 15) is 14.9 Å². The number of nitrogens with one attached hydrogen (secondary N) is 1. The van der Waals surface area contributed by atoms with Gasteiger partial charge in [-0.15, -0.1) is 0 Å². The van der Waals surface area contributed by atoms with Gasteiger partial charge in [0.05, 0.1) is 9.80 Å². The molecule has 0 spiro atoms. The molecule has 1 amide bonds. The highest BCUT2D eigenvalue weighted by atomic mass is 32.1. The molecule has 3 rings (SSSR count). The van der Waals surface area contributed by atoms with Crippen molar-refractivity contribution in [2.24, 2.45) is 0 Å². The second-order valence-corrected chi connectivity index (χ2v) is 5.41. The molecular formula is C12H10N4O3S. The maximum atomic E-state index is 12.1. The van der Waals surface area contributed by atoms with E-state index in [-0.39, 0.29) is 10.9 Å². The summed E-state index contributed by atoms with van der Waals surface area (Å²) in [5.74, 6) is 0.129. The van der Waals surface area contributed by atoms with Crippen molar-refractivity contribution in [2.75, 3.05) is 5.32 Å². The van der Waals surface area contributed by atoms with E-state index in [1.165, 1.54) is 18.5 Å². The third kappa shape index (κ3) is 2.25. The minimum atomic E-state index is -0.510. The lowest BCUT2D eigenvalue weighted by Crippen LogP contribution is -2.13. The second kappa shape index (κ2) is 4.97. The van der Waals surface area contributed by atoms with Gasteiger partial charge in [-0.3, -0.25) is 14.9 Å². The average molecular weight is 290 g/mol. The van der Waals surface area contributed by atoms with Crippen LogP contribution in [0.2, 0.25) is 0 Å². The van der Waals surface area contributed by atoms with Gasteiger partial charge < -0.3 is 5.32 Å². The maximum absolute atomic E-state index is 12.1. The lowest BCUT2D eigenvalue weighted by molar-refractivity contribution is -0.380. The van der Waals surface area contributed by atoms with Gasteiger partial charge in [-0.25, -0.2) is 9.97 Å². The van der Waals surface area contributed by atoms with E-state index in [4.69, 9.17) is 0 Å². The third-order valence-corrected chi connectivity index (χ3v) is 4.14. The van der Waals surface area contributed by atoms with Crippen LogP contribution in [0.15, 0.2) is 18.5 Å². The number of hydrogen-bond donors (Lipinski definition) is 1. The number of rotatable bonds is 3. The van der Waals surface area contributed by atoms with Gasteiger partial charge in [-0.1, -0.05) is 11.3 Å². The van der Waals surface area contributed by atoms with Crippen LogP contribution in [0.4, 0.5) is 10.8 Å². The molecule has 0 unspecified atom stereocenters. The molecular weight excluding hydrogens is 280 g/mol. The molecule has 1 aliphatic carbocycles. The fourth-order valence-corrected chi connectivity index (χ4v) is 2.90. The molecule has 2 aromatic heterocycles. The molecule has 0 saturated heterocycles. The number of nitro groups is 1. The second-order valence-electron chi connectivity index (χ2n) is 4.35. The third-order valence-electron chi connectivity index (χ3n) is 3.10. The predicted molar refractivity (Wildman–Crippen MR) is 73.0 cm³/mol. The number of fused-ring (bicyclic) bond motifs is 1. The molecule has 1 aliphatic rings. The monoisotopic (exact) mass is 290 g/mol. The number of aryl methyl sites for hydroxylation is 1. The van der Waals surface area contributed by atoms with Crippen LogP contribution in [0.3, 0.4) is 0 Å². The summed E-state index contributed by atoms with van der Waals surface area (Å²) >= 11 is 0.847. The molecule has 0 fully saturated rings. The molecule has 2 aromatic rings. The summed E-state index contributed by atoms with van der Waals surface area (Å²) in [6, 6.07) is 2.77. The molecule has 0 bridgehead atoms. The van der Waals surface area contributed by atoms with E-state index in [2.05, 4.69) is 15.3 Å². The largest absolute Gasteiger partial charge is 0.324 e. The van der Waals surface area contributed by atoms with Crippen LogP contribution < -0.4 is 5.32 Å². The fraction of sp³-hybridized carbons (Fsp3) is 0.250. The predicted octanol–water partition coefficient (Wildman–Crippen LogP) is 2.19. The van der Waals surface area contributed by atoms with Gasteiger partial charge in [0.25, 0.3) is 5.91 Å². The van der Waals surface area contributed by atoms with Crippen LogP contribution in [0.5, 0.6) is 0 Å². The van der Waals surface area contributed by atoms with Gasteiger partial charge >= 0.3 is 5.00 Å². The summed E-state index contributed by atoms with van der Waals surface area (Å²) in [6.07, 6.45) is 4.17. The number of carbonyl (C=O) groups excluding carboxylic acids is 1. The molecule has 1 N–H and O–H groups in total. The summed E-state index contributed by atoms with van der Waals surface area (Å²) in [4.78, 5) is 30.7. The molecule has 7 nitrogen and oxygen atoms in total. The first kappa shape index (κ1) is 12.7. The Hall–Kier alpha value is -2.35. The van der Waals surface area contributed by atoms with Crippen molar-refractivity contribution in [3.8, 4) is 0 Å². The Kier molecular flexibility index (Phi) is 3.15. The number of thiophene rings is 1. The lowest BCUT2D eigenvalue weighted by Gasteiger charge is -2.06. The molecule has 102 valence electrons. The van der Waals surface area contributed by atoms with Crippen molar-refractivity contribution in [1.82, 2.24) is 9.97 Å². The number of hydrogen-bond acceptors (Lipinski definition) is 6. The summed E-state index contributed by atoms with van der Waals surface area (Å²) in [5, 5.41) is 13.3. The first-order valence-electron chi connectivity index (χ1n) is 6.03. The smallest absolute Gasteiger partial charge is 0.306 e. The maximum Gasteiger partial charge on any atom is 0.324 e. The first-order chi connectivity index (χ1) is 9.65. The number of nitrogens with zero attached hydrogens (tertiary/aromatic N) is 3. The van der Waals surface area contributed by atoms with Gasteiger partial charge in [0.2, 0.25) is 0 Å². The fourth-order valence-electron chi connectivity index (χ4n) is 2.18. The van der Waals surface area contributed by atoms with Crippen LogP contribution in [-0.4, -0.2) is 20.8 Å². The van der Waals surface area contributed by atoms with E-state index in [0.29, 0.717) is 10.7 Å². The van der Waals surface area contributed by atoms with Crippen molar-refractivity contribution < 1.29 is 9.72 Å². The van der Waals surface area contributed by atoms with E-state index in [1.807, 2.05) is 0 Å². The number of amides is 1. The number of anilines is 1. The van der Waals surface area contributed by atoms with Crippen LogP contribution in [-0.2, 0) is 12.8 Å². The topological polar surface area (TPSA) is 98.0 Å². The van der Waals surface area contributed by atoms with E-state index in [1.54, 1.807) is 0 Å². The standard InChI is InChI=1S/C12H10N4O3S/c17-12(9-4-5-10(20-9)16(18)19)15-11-7-2-1-3-8(7)13-6-14-11/h4-6H,1-3H2,(H,13,14,15,17). The van der Waals surface area contributed by atoms with E-state index < -0.39 is 4.92 Å². The number of aromatic nitrogens is 2. The van der Waals surface area contributed by atoms with Crippen molar-refractivity contribution in [1.29, 1.82) is 0 Å². The number of carbonyl (C=O) groups is 1. The van der Waals surface area contributed by atoms with E-state index >= 15 is 0 Å². The molecule has 8 heteroatoms. The highest BCUT2D eigenvalue weighted by Crippen LogP contribution is 2.27. The quantitative estimate of drug-likeness (QED) is 0.690. The first-order valence-corrected chi connectivity index (χ1v) is 6.85. The molecule has 20 heavy (non-hydrogen) atoms.